The minimum absolute atomic E-state index is 0.0583. The lowest BCUT2D eigenvalue weighted by Gasteiger charge is -2.47. The predicted octanol–water partition coefficient (Wildman–Crippen LogP) is 1.70. The SMILES string of the molecule is CC(C)(C)C1CCC1(O)C#N. The number of hydrogen-bond donors (Lipinski definition) is 1. The van der Waals surface area contributed by atoms with E-state index in [1.165, 1.54) is 0 Å². The molecule has 0 aromatic heterocycles. The van der Waals surface area contributed by atoms with Crippen LogP contribution in [0.5, 0.6) is 0 Å². The Morgan fingerprint density at radius 2 is 2.09 bits per heavy atom. The van der Waals surface area contributed by atoms with Gasteiger partial charge in [0.1, 0.15) is 0 Å². The Hall–Kier alpha value is -0.550. The maximum atomic E-state index is 9.65. The molecular formula is C9H15NO. The van der Waals surface area contributed by atoms with E-state index in [1.807, 2.05) is 6.07 Å². The van der Waals surface area contributed by atoms with E-state index in [1.54, 1.807) is 0 Å². The number of rotatable bonds is 0. The first-order chi connectivity index (χ1) is 4.90. The molecule has 2 heteroatoms. The molecule has 1 saturated carbocycles. The molecule has 62 valence electrons. The van der Waals surface area contributed by atoms with Crippen molar-refractivity contribution in [3.8, 4) is 6.07 Å². The summed E-state index contributed by atoms with van der Waals surface area (Å²) >= 11 is 0. The van der Waals surface area contributed by atoms with Crippen LogP contribution in [0, 0.1) is 22.7 Å². The second-order valence-corrected chi connectivity index (χ2v) is 4.49. The molecule has 0 saturated heterocycles. The zero-order valence-corrected chi connectivity index (χ0v) is 7.39. The van der Waals surface area contributed by atoms with E-state index in [-0.39, 0.29) is 11.3 Å². The summed E-state index contributed by atoms with van der Waals surface area (Å²) in [5, 5.41) is 18.3. The van der Waals surface area contributed by atoms with Crippen LogP contribution in [0.4, 0.5) is 0 Å². The maximum Gasteiger partial charge on any atom is 0.154 e. The quantitative estimate of drug-likeness (QED) is 0.538. The van der Waals surface area contributed by atoms with Crippen molar-refractivity contribution in [1.29, 1.82) is 5.26 Å². The van der Waals surface area contributed by atoms with Crippen LogP contribution < -0.4 is 0 Å². The predicted molar refractivity (Wildman–Crippen MR) is 42.7 cm³/mol. The fourth-order valence-electron chi connectivity index (χ4n) is 1.85. The van der Waals surface area contributed by atoms with Gasteiger partial charge in [0.25, 0.3) is 0 Å². The van der Waals surface area contributed by atoms with Gasteiger partial charge in [0.2, 0.25) is 0 Å². The van der Waals surface area contributed by atoms with Crippen molar-refractivity contribution in [1.82, 2.24) is 0 Å². The second-order valence-electron chi connectivity index (χ2n) is 4.49. The Labute approximate surface area is 67.8 Å². The van der Waals surface area contributed by atoms with Crippen molar-refractivity contribution in [2.24, 2.45) is 11.3 Å². The monoisotopic (exact) mass is 153 g/mol. The Morgan fingerprint density at radius 3 is 2.18 bits per heavy atom. The van der Waals surface area contributed by atoms with E-state index >= 15 is 0 Å². The molecule has 2 unspecified atom stereocenters. The standard InChI is InChI=1S/C9H15NO/c1-8(2,3)7-4-5-9(7,11)6-10/h7,11H,4-5H2,1-3H3. The zero-order chi connectivity index (χ0) is 8.70. The molecule has 0 aromatic carbocycles. The minimum Gasteiger partial charge on any atom is -0.375 e. The molecule has 0 spiro atoms. The topological polar surface area (TPSA) is 44.0 Å². The van der Waals surface area contributed by atoms with Crippen molar-refractivity contribution in [2.75, 3.05) is 0 Å². The molecule has 0 amide bonds. The van der Waals surface area contributed by atoms with Gasteiger partial charge < -0.3 is 5.11 Å². The summed E-state index contributed by atoms with van der Waals surface area (Å²) in [5.74, 6) is 0.153. The van der Waals surface area contributed by atoms with Crippen LogP contribution in [-0.2, 0) is 0 Å². The minimum atomic E-state index is -1.03. The van der Waals surface area contributed by atoms with Gasteiger partial charge in [0.05, 0.1) is 6.07 Å². The highest BCUT2D eigenvalue weighted by Gasteiger charge is 2.51. The summed E-state index contributed by atoms with van der Waals surface area (Å²) in [6.45, 7) is 6.21. The molecule has 0 radical (unpaired) electrons. The first-order valence-corrected chi connectivity index (χ1v) is 4.04. The van der Waals surface area contributed by atoms with Gasteiger partial charge in [-0.1, -0.05) is 20.8 Å². The lowest BCUT2D eigenvalue weighted by atomic mass is 9.59. The second kappa shape index (κ2) is 2.22. The van der Waals surface area contributed by atoms with Crippen LogP contribution in [0.25, 0.3) is 0 Å². The molecule has 1 aliphatic rings. The number of aliphatic hydroxyl groups is 1. The van der Waals surface area contributed by atoms with Crippen molar-refractivity contribution < 1.29 is 5.11 Å². The lowest BCUT2D eigenvalue weighted by Crippen LogP contribution is -2.51. The maximum absolute atomic E-state index is 9.65. The van der Waals surface area contributed by atoms with E-state index in [4.69, 9.17) is 5.26 Å². The van der Waals surface area contributed by atoms with Crippen LogP contribution >= 0.6 is 0 Å². The third kappa shape index (κ3) is 1.25. The van der Waals surface area contributed by atoms with Crippen molar-refractivity contribution in [3.05, 3.63) is 0 Å². The highest BCUT2D eigenvalue weighted by Crippen LogP contribution is 2.48. The van der Waals surface area contributed by atoms with Gasteiger partial charge in [-0.2, -0.15) is 5.26 Å². The number of hydrogen-bond acceptors (Lipinski definition) is 2. The van der Waals surface area contributed by atoms with Gasteiger partial charge in [-0.3, -0.25) is 0 Å². The molecule has 0 heterocycles. The largest absolute Gasteiger partial charge is 0.375 e. The number of nitriles is 1. The van der Waals surface area contributed by atoms with Gasteiger partial charge in [-0.05, 0) is 18.3 Å². The third-order valence-electron chi connectivity index (χ3n) is 2.63. The molecular weight excluding hydrogens is 138 g/mol. The van der Waals surface area contributed by atoms with Crippen molar-refractivity contribution in [2.45, 2.75) is 39.2 Å². The summed E-state index contributed by atoms with van der Waals surface area (Å²) in [7, 11) is 0. The zero-order valence-electron chi connectivity index (χ0n) is 7.39. The fraction of sp³-hybridized carbons (Fsp3) is 0.889. The molecule has 2 nitrogen and oxygen atoms in total. The Bertz CT molecular complexity index is 199. The van der Waals surface area contributed by atoms with Crippen LogP contribution in [0.1, 0.15) is 33.6 Å². The number of nitrogens with zero attached hydrogens (tertiary/aromatic N) is 1. The normalized spacial score (nSPS) is 37.5. The molecule has 0 aromatic rings. The molecule has 1 rings (SSSR count). The van der Waals surface area contributed by atoms with E-state index in [0.717, 1.165) is 6.42 Å². The van der Waals surface area contributed by atoms with Crippen molar-refractivity contribution in [3.63, 3.8) is 0 Å². The summed E-state index contributed by atoms with van der Waals surface area (Å²) in [5.41, 5.74) is -0.971. The van der Waals surface area contributed by atoms with Crippen LogP contribution in [0.2, 0.25) is 0 Å². The Morgan fingerprint density at radius 1 is 1.55 bits per heavy atom. The van der Waals surface area contributed by atoms with Crippen LogP contribution in [0.3, 0.4) is 0 Å². The molecule has 1 aliphatic carbocycles. The van der Waals surface area contributed by atoms with E-state index < -0.39 is 5.60 Å². The van der Waals surface area contributed by atoms with Crippen LogP contribution in [0.15, 0.2) is 0 Å². The summed E-state index contributed by atoms with van der Waals surface area (Å²) in [4.78, 5) is 0. The van der Waals surface area contributed by atoms with E-state index in [9.17, 15) is 5.11 Å². The van der Waals surface area contributed by atoms with E-state index in [0.29, 0.717) is 6.42 Å². The van der Waals surface area contributed by atoms with Crippen LogP contribution in [-0.4, -0.2) is 10.7 Å². The molecule has 1 fully saturated rings. The summed E-state index contributed by atoms with van der Waals surface area (Å²) < 4.78 is 0. The Kier molecular flexibility index (Phi) is 1.72. The summed E-state index contributed by atoms with van der Waals surface area (Å²) in [6, 6.07) is 1.99. The average molecular weight is 153 g/mol. The van der Waals surface area contributed by atoms with E-state index in [2.05, 4.69) is 20.8 Å². The molecule has 1 N–H and O–H groups in total. The summed E-state index contributed by atoms with van der Waals surface area (Å²) in [6.07, 6.45) is 1.62. The molecule has 11 heavy (non-hydrogen) atoms. The van der Waals surface area contributed by atoms with Gasteiger partial charge in [-0.15, -0.1) is 0 Å². The highest BCUT2D eigenvalue weighted by molar-refractivity contribution is 5.14. The fourth-order valence-corrected chi connectivity index (χ4v) is 1.85. The lowest BCUT2D eigenvalue weighted by molar-refractivity contribution is -0.0934. The average Bonchev–Trinajstić information content (AvgIpc) is 1.80. The van der Waals surface area contributed by atoms with Gasteiger partial charge in [0.15, 0.2) is 5.60 Å². The molecule has 0 bridgehead atoms. The highest BCUT2D eigenvalue weighted by atomic mass is 16.3. The first-order valence-electron chi connectivity index (χ1n) is 4.04. The molecule has 0 aliphatic heterocycles. The Balaban J connectivity index is 2.73. The first kappa shape index (κ1) is 8.55. The third-order valence-corrected chi connectivity index (χ3v) is 2.63. The van der Waals surface area contributed by atoms with Crippen molar-refractivity contribution >= 4 is 0 Å². The smallest absolute Gasteiger partial charge is 0.154 e. The molecule has 2 atom stereocenters. The van der Waals surface area contributed by atoms with Gasteiger partial charge >= 0.3 is 0 Å². The van der Waals surface area contributed by atoms with Gasteiger partial charge in [-0.25, -0.2) is 0 Å². The van der Waals surface area contributed by atoms with Gasteiger partial charge in [0, 0.05) is 5.92 Å².